The third-order valence-corrected chi connectivity index (χ3v) is 5.77. The lowest BCUT2D eigenvalue weighted by molar-refractivity contribution is -0.144. The standard InChI is InChI=1S/C20H31NO3/c1-14-7-6-8-15(2)12-18-19(17(22)11-14)16(20(23)24-18)13-21-9-4-3-5-10-21/h8,11,16-19,22H,3-7,9-10,12-13H2,1-2H3/b14-11-,15-8+/t16-,17-,18+,19-/m1/s1. The number of likely N-dealkylation sites (tertiary alicyclic amines) is 1. The molecule has 134 valence electrons. The summed E-state index contributed by atoms with van der Waals surface area (Å²) in [5, 5.41) is 10.8. The van der Waals surface area contributed by atoms with Crippen LogP contribution in [0.5, 0.6) is 0 Å². The molecule has 0 unspecified atom stereocenters. The molecule has 1 aliphatic carbocycles. The van der Waals surface area contributed by atoms with Gasteiger partial charge in [0.1, 0.15) is 6.10 Å². The predicted octanol–water partition coefficient (Wildman–Crippen LogP) is 3.07. The van der Waals surface area contributed by atoms with Crippen molar-refractivity contribution in [3.8, 4) is 0 Å². The summed E-state index contributed by atoms with van der Waals surface area (Å²) in [5.41, 5.74) is 2.46. The van der Waals surface area contributed by atoms with Gasteiger partial charge < -0.3 is 14.7 Å². The highest BCUT2D eigenvalue weighted by Gasteiger charge is 2.48. The highest BCUT2D eigenvalue weighted by molar-refractivity contribution is 5.76. The first-order valence-corrected chi connectivity index (χ1v) is 9.48. The fourth-order valence-corrected chi connectivity index (χ4v) is 4.42. The molecule has 0 spiro atoms. The van der Waals surface area contributed by atoms with Gasteiger partial charge in [-0.05, 0) is 52.6 Å². The molecule has 0 aromatic carbocycles. The number of allylic oxidation sites excluding steroid dienone is 2. The van der Waals surface area contributed by atoms with E-state index in [1.807, 2.05) is 6.08 Å². The Kier molecular flexibility index (Phi) is 5.77. The Bertz CT molecular complexity index is 519. The van der Waals surface area contributed by atoms with Crippen LogP contribution >= 0.6 is 0 Å². The van der Waals surface area contributed by atoms with Crippen LogP contribution in [-0.4, -0.2) is 47.8 Å². The van der Waals surface area contributed by atoms with Crippen molar-refractivity contribution >= 4 is 5.97 Å². The summed E-state index contributed by atoms with van der Waals surface area (Å²) in [6.45, 7) is 7.03. The van der Waals surface area contributed by atoms with Crippen LogP contribution in [0.2, 0.25) is 0 Å². The number of rotatable bonds is 2. The monoisotopic (exact) mass is 333 g/mol. The number of hydrogen-bond acceptors (Lipinski definition) is 4. The Labute approximate surface area is 145 Å². The van der Waals surface area contributed by atoms with Gasteiger partial charge in [-0.2, -0.15) is 0 Å². The fraction of sp³-hybridized carbons (Fsp3) is 0.750. The van der Waals surface area contributed by atoms with E-state index in [9.17, 15) is 9.90 Å². The molecule has 4 nitrogen and oxygen atoms in total. The molecule has 0 radical (unpaired) electrons. The second-order valence-electron chi connectivity index (χ2n) is 7.82. The van der Waals surface area contributed by atoms with E-state index in [1.165, 1.54) is 30.4 Å². The zero-order valence-corrected chi connectivity index (χ0v) is 15.0. The van der Waals surface area contributed by atoms with Crippen molar-refractivity contribution in [1.82, 2.24) is 4.90 Å². The molecule has 1 N–H and O–H groups in total. The number of aliphatic hydroxyl groups is 1. The molecule has 3 rings (SSSR count). The van der Waals surface area contributed by atoms with Crippen molar-refractivity contribution in [3.63, 3.8) is 0 Å². The first kappa shape index (κ1) is 17.7. The van der Waals surface area contributed by atoms with Gasteiger partial charge in [0.25, 0.3) is 0 Å². The normalized spacial score (nSPS) is 40.0. The summed E-state index contributed by atoms with van der Waals surface area (Å²) in [6, 6.07) is 0. The maximum absolute atomic E-state index is 12.5. The molecular formula is C20H31NO3. The van der Waals surface area contributed by atoms with E-state index in [1.54, 1.807) is 0 Å². The molecule has 2 aliphatic heterocycles. The highest BCUT2D eigenvalue weighted by Crippen LogP contribution is 2.37. The van der Waals surface area contributed by atoms with Crippen molar-refractivity contribution in [1.29, 1.82) is 0 Å². The van der Waals surface area contributed by atoms with Crippen LogP contribution in [0.3, 0.4) is 0 Å². The molecule has 0 bridgehead atoms. The molecule has 0 saturated carbocycles. The summed E-state index contributed by atoms with van der Waals surface area (Å²) in [6.07, 6.45) is 9.82. The number of carbonyl (C=O) groups excluding carboxylic acids is 1. The summed E-state index contributed by atoms with van der Waals surface area (Å²) < 4.78 is 5.73. The Balaban J connectivity index is 1.81. The van der Waals surface area contributed by atoms with E-state index in [0.717, 1.165) is 38.9 Å². The summed E-state index contributed by atoms with van der Waals surface area (Å²) in [7, 11) is 0. The van der Waals surface area contributed by atoms with Crippen LogP contribution < -0.4 is 0 Å². The summed E-state index contributed by atoms with van der Waals surface area (Å²) >= 11 is 0. The van der Waals surface area contributed by atoms with Crippen molar-refractivity contribution in [2.24, 2.45) is 11.8 Å². The van der Waals surface area contributed by atoms with Crippen LogP contribution in [0.4, 0.5) is 0 Å². The number of esters is 1. The maximum Gasteiger partial charge on any atom is 0.311 e. The third-order valence-electron chi connectivity index (χ3n) is 5.77. The average molecular weight is 333 g/mol. The van der Waals surface area contributed by atoms with E-state index >= 15 is 0 Å². The van der Waals surface area contributed by atoms with Crippen LogP contribution in [-0.2, 0) is 9.53 Å². The molecule has 4 heteroatoms. The smallest absolute Gasteiger partial charge is 0.311 e. The van der Waals surface area contributed by atoms with Crippen LogP contribution in [0.1, 0.15) is 52.4 Å². The quantitative estimate of drug-likeness (QED) is 0.623. The molecule has 0 aromatic heterocycles. The van der Waals surface area contributed by atoms with Crippen molar-refractivity contribution < 1.29 is 14.6 Å². The lowest BCUT2D eigenvalue weighted by Gasteiger charge is -2.31. The van der Waals surface area contributed by atoms with Gasteiger partial charge in [0, 0.05) is 18.9 Å². The molecule has 4 atom stereocenters. The lowest BCUT2D eigenvalue weighted by Crippen LogP contribution is -2.41. The van der Waals surface area contributed by atoms with Gasteiger partial charge in [0.15, 0.2) is 0 Å². The first-order valence-electron chi connectivity index (χ1n) is 9.48. The van der Waals surface area contributed by atoms with E-state index < -0.39 is 6.10 Å². The van der Waals surface area contributed by atoms with E-state index in [0.29, 0.717) is 0 Å². The maximum atomic E-state index is 12.5. The zero-order chi connectivity index (χ0) is 17.1. The Morgan fingerprint density at radius 1 is 1.21 bits per heavy atom. The van der Waals surface area contributed by atoms with E-state index in [4.69, 9.17) is 4.74 Å². The topological polar surface area (TPSA) is 49.8 Å². The van der Waals surface area contributed by atoms with Gasteiger partial charge in [-0.25, -0.2) is 0 Å². The number of hydrogen-bond donors (Lipinski definition) is 1. The number of fused-ring (bicyclic) bond motifs is 1. The average Bonchev–Trinajstić information content (AvgIpc) is 2.83. The number of ether oxygens (including phenoxy) is 1. The predicted molar refractivity (Wildman–Crippen MR) is 94.5 cm³/mol. The number of piperidine rings is 1. The molecular weight excluding hydrogens is 302 g/mol. The molecule has 2 fully saturated rings. The molecule has 0 amide bonds. The molecule has 2 heterocycles. The van der Waals surface area contributed by atoms with Crippen LogP contribution in [0.15, 0.2) is 23.3 Å². The third kappa shape index (κ3) is 4.09. The summed E-state index contributed by atoms with van der Waals surface area (Å²) in [5.74, 6) is -0.456. The van der Waals surface area contributed by atoms with Crippen molar-refractivity contribution in [2.45, 2.75) is 64.6 Å². The van der Waals surface area contributed by atoms with E-state index in [-0.39, 0.29) is 23.9 Å². The van der Waals surface area contributed by atoms with Crippen LogP contribution in [0.25, 0.3) is 0 Å². The van der Waals surface area contributed by atoms with Gasteiger partial charge in [0.05, 0.1) is 12.0 Å². The number of carbonyl (C=O) groups is 1. The minimum absolute atomic E-state index is 0.118. The minimum Gasteiger partial charge on any atom is -0.461 e. The molecule has 24 heavy (non-hydrogen) atoms. The first-order chi connectivity index (χ1) is 11.5. The van der Waals surface area contributed by atoms with Crippen molar-refractivity contribution in [3.05, 3.63) is 23.3 Å². The Morgan fingerprint density at radius 2 is 1.96 bits per heavy atom. The van der Waals surface area contributed by atoms with Crippen molar-refractivity contribution in [2.75, 3.05) is 19.6 Å². The van der Waals surface area contributed by atoms with Gasteiger partial charge >= 0.3 is 5.97 Å². The van der Waals surface area contributed by atoms with Gasteiger partial charge in [-0.3, -0.25) is 4.79 Å². The number of aliphatic hydroxyl groups excluding tert-OH is 1. The second-order valence-corrected chi connectivity index (χ2v) is 7.82. The van der Waals surface area contributed by atoms with Gasteiger partial charge in [0.2, 0.25) is 0 Å². The molecule has 3 aliphatic rings. The molecule has 2 saturated heterocycles. The second kappa shape index (κ2) is 7.83. The number of nitrogens with zero attached hydrogens (tertiary/aromatic N) is 1. The zero-order valence-electron chi connectivity index (χ0n) is 15.0. The minimum atomic E-state index is -0.595. The van der Waals surface area contributed by atoms with Crippen LogP contribution in [0, 0.1) is 11.8 Å². The fourth-order valence-electron chi connectivity index (χ4n) is 4.42. The highest BCUT2D eigenvalue weighted by atomic mass is 16.6. The lowest BCUT2D eigenvalue weighted by atomic mass is 9.81. The molecule has 0 aromatic rings. The summed E-state index contributed by atoms with van der Waals surface area (Å²) in [4.78, 5) is 14.9. The van der Waals surface area contributed by atoms with Gasteiger partial charge in [-0.15, -0.1) is 0 Å². The Hall–Kier alpha value is -1.13. The largest absolute Gasteiger partial charge is 0.461 e. The SMILES string of the molecule is C/C1=C/[C@@H](O)[C@@H]2[C@H](C/C(C)=C/CC1)OC(=O)[C@@H]2CN1CCCCC1. The Morgan fingerprint density at radius 3 is 2.71 bits per heavy atom. The van der Waals surface area contributed by atoms with Gasteiger partial charge in [-0.1, -0.05) is 29.7 Å². The van der Waals surface area contributed by atoms with E-state index in [2.05, 4.69) is 24.8 Å².